The van der Waals surface area contributed by atoms with E-state index in [1.54, 1.807) is 30.3 Å². The highest BCUT2D eigenvalue weighted by Gasteiger charge is 2.43. The standard InChI is InChI=1S/C24H24FN7O2/c1-32-23-18(11-29-21(30-23)17-10-28-20-16(17)7-15(25)9-27-20)22(31-32)26-8-14-6-12-3-2-4-13(5-12)19(14)24(33)34/h7-14,19H,2-6H2,1H3,(H,27,28)(H,33,34)/t12?,13?,14?,19-/m0/s1. The third-order valence-corrected chi connectivity index (χ3v) is 7.37. The van der Waals surface area contributed by atoms with Gasteiger partial charge in [-0.15, -0.1) is 0 Å². The molecule has 4 aromatic heterocycles. The Bertz CT molecular complexity index is 1440. The Hall–Kier alpha value is -3.69. The molecule has 0 amide bonds. The average molecular weight is 462 g/mol. The maximum absolute atomic E-state index is 13.7. The van der Waals surface area contributed by atoms with E-state index in [2.05, 4.69) is 30.0 Å². The first-order valence-corrected chi connectivity index (χ1v) is 11.6. The molecule has 2 saturated carbocycles. The summed E-state index contributed by atoms with van der Waals surface area (Å²) in [7, 11) is 1.78. The second-order valence-electron chi connectivity index (χ2n) is 9.46. The molecule has 3 unspecified atom stereocenters. The molecule has 4 heterocycles. The summed E-state index contributed by atoms with van der Waals surface area (Å²) >= 11 is 0. The van der Waals surface area contributed by atoms with Crippen molar-refractivity contribution in [3.05, 3.63) is 30.5 Å². The maximum atomic E-state index is 13.7. The van der Waals surface area contributed by atoms with Gasteiger partial charge in [-0.3, -0.25) is 4.79 Å². The van der Waals surface area contributed by atoms with Crippen molar-refractivity contribution in [1.82, 2.24) is 29.7 Å². The minimum atomic E-state index is -0.731. The zero-order valence-electron chi connectivity index (χ0n) is 18.6. The van der Waals surface area contributed by atoms with Gasteiger partial charge in [-0.1, -0.05) is 12.8 Å². The quantitative estimate of drug-likeness (QED) is 0.438. The molecule has 2 N–H and O–H groups in total. The summed E-state index contributed by atoms with van der Waals surface area (Å²) in [4.78, 5) is 32.9. The number of nitrogens with one attached hydrogen (secondary N) is 1. The monoisotopic (exact) mass is 461 g/mol. The highest BCUT2D eigenvalue weighted by atomic mass is 19.1. The van der Waals surface area contributed by atoms with Gasteiger partial charge < -0.3 is 10.1 Å². The number of carboxylic acids is 1. The van der Waals surface area contributed by atoms with Crippen molar-refractivity contribution in [2.75, 3.05) is 0 Å². The van der Waals surface area contributed by atoms with Crippen molar-refractivity contribution >= 4 is 40.1 Å². The lowest BCUT2D eigenvalue weighted by atomic mass is 9.62. The molecule has 0 radical (unpaired) electrons. The van der Waals surface area contributed by atoms with Crippen LogP contribution in [0.3, 0.4) is 0 Å². The van der Waals surface area contributed by atoms with Gasteiger partial charge in [-0.2, -0.15) is 5.10 Å². The van der Waals surface area contributed by atoms with Crippen LogP contribution in [0.25, 0.3) is 33.5 Å². The number of pyridine rings is 1. The fourth-order valence-electron chi connectivity index (χ4n) is 5.87. The summed E-state index contributed by atoms with van der Waals surface area (Å²) in [6.07, 6.45) is 11.4. The van der Waals surface area contributed by atoms with Gasteiger partial charge in [0.25, 0.3) is 0 Å². The van der Waals surface area contributed by atoms with Crippen molar-refractivity contribution in [3.8, 4) is 11.4 Å². The molecule has 10 heteroatoms. The molecule has 4 atom stereocenters. The van der Waals surface area contributed by atoms with Crippen molar-refractivity contribution < 1.29 is 14.3 Å². The highest BCUT2D eigenvalue weighted by Crippen LogP contribution is 2.46. The van der Waals surface area contributed by atoms with Crippen LogP contribution in [0.2, 0.25) is 0 Å². The van der Waals surface area contributed by atoms with Gasteiger partial charge in [-0.25, -0.2) is 29.0 Å². The number of aryl methyl sites for hydroxylation is 1. The van der Waals surface area contributed by atoms with Gasteiger partial charge in [-0.05, 0) is 37.2 Å². The summed E-state index contributed by atoms with van der Waals surface area (Å²) in [6, 6.07) is 1.40. The van der Waals surface area contributed by atoms with Gasteiger partial charge in [0.1, 0.15) is 11.5 Å². The number of aromatic amines is 1. The summed E-state index contributed by atoms with van der Waals surface area (Å²) in [5, 5.41) is 15.7. The van der Waals surface area contributed by atoms with Crippen LogP contribution in [0.1, 0.15) is 32.1 Å². The minimum Gasteiger partial charge on any atom is -0.481 e. The van der Waals surface area contributed by atoms with Crippen molar-refractivity contribution in [2.24, 2.45) is 35.7 Å². The molecule has 4 aromatic rings. The van der Waals surface area contributed by atoms with E-state index in [9.17, 15) is 14.3 Å². The Balaban J connectivity index is 1.34. The molecule has 2 fully saturated rings. The summed E-state index contributed by atoms with van der Waals surface area (Å²) in [5.74, 6) is 0.0344. The molecule has 0 aliphatic heterocycles. The number of carboxylic acid groups (broad SMARTS) is 1. The van der Waals surface area contributed by atoms with Crippen LogP contribution >= 0.6 is 0 Å². The first-order valence-electron chi connectivity index (χ1n) is 11.6. The lowest BCUT2D eigenvalue weighted by Gasteiger charge is -2.42. The Kier molecular flexibility index (Phi) is 4.89. The van der Waals surface area contributed by atoms with Gasteiger partial charge in [0.2, 0.25) is 0 Å². The van der Waals surface area contributed by atoms with Gasteiger partial charge in [0.05, 0.1) is 17.5 Å². The molecule has 9 nitrogen and oxygen atoms in total. The molecule has 2 aliphatic rings. The normalized spacial score (nSPS) is 24.9. The van der Waals surface area contributed by atoms with E-state index in [-0.39, 0.29) is 11.8 Å². The molecular formula is C24H24FN7O2. The number of aliphatic imine (C=N–C) groups is 1. The molecule has 2 aliphatic carbocycles. The van der Waals surface area contributed by atoms with Crippen LogP contribution < -0.4 is 0 Å². The molecule has 0 aromatic carbocycles. The number of rotatable bonds is 4. The van der Waals surface area contributed by atoms with Crippen LogP contribution in [-0.2, 0) is 11.8 Å². The number of nitrogens with zero attached hydrogens (tertiary/aromatic N) is 6. The van der Waals surface area contributed by atoms with E-state index in [1.165, 1.54) is 12.5 Å². The van der Waals surface area contributed by atoms with Gasteiger partial charge >= 0.3 is 5.97 Å². The minimum absolute atomic E-state index is 0.104. The third kappa shape index (κ3) is 3.44. The Morgan fingerprint density at radius 1 is 1.26 bits per heavy atom. The molecule has 0 saturated heterocycles. The first kappa shape index (κ1) is 20.9. The van der Waals surface area contributed by atoms with E-state index >= 15 is 0 Å². The molecule has 0 spiro atoms. The van der Waals surface area contributed by atoms with Crippen molar-refractivity contribution in [2.45, 2.75) is 32.1 Å². The summed E-state index contributed by atoms with van der Waals surface area (Å²) in [5.41, 5.74) is 1.79. The molecule has 174 valence electrons. The fraction of sp³-hybridized carbons (Fsp3) is 0.417. The lowest BCUT2D eigenvalue weighted by molar-refractivity contribution is -0.147. The van der Waals surface area contributed by atoms with Crippen LogP contribution in [-0.4, -0.2) is 47.0 Å². The van der Waals surface area contributed by atoms with Crippen molar-refractivity contribution in [1.29, 1.82) is 0 Å². The smallest absolute Gasteiger partial charge is 0.307 e. The highest BCUT2D eigenvalue weighted by molar-refractivity contribution is 5.94. The zero-order valence-corrected chi connectivity index (χ0v) is 18.6. The Morgan fingerprint density at radius 2 is 2.15 bits per heavy atom. The lowest BCUT2D eigenvalue weighted by Crippen LogP contribution is -2.40. The van der Waals surface area contributed by atoms with Gasteiger partial charge in [0.15, 0.2) is 17.3 Å². The molecule has 34 heavy (non-hydrogen) atoms. The second kappa shape index (κ2) is 7.96. The zero-order chi connectivity index (χ0) is 23.4. The first-order chi connectivity index (χ1) is 16.5. The number of aromatic nitrogens is 6. The Morgan fingerprint density at radius 3 is 3.00 bits per heavy atom. The van der Waals surface area contributed by atoms with E-state index in [0.717, 1.165) is 31.9 Å². The SMILES string of the molecule is Cn1nc(N=CC2CC3CCCC(C3)[C@@H]2C(=O)O)c2cnc(-c3c[nH]c4ncc(F)cc34)nc21. The fourth-order valence-corrected chi connectivity index (χ4v) is 5.87. The number of fused-ring (bicyclic) bond motifs is 4. The maximum Gasteiger partial charge on any atom is 0.307 e. The predicted octanol–water partition coefficient (Wildman–Crippen LogP) is 4.28. The summed E-state index contributed by atoms with van der Waals surface area (Å²) < 4.78 is 15.4. The van der Waals surface area contributed by atoms with Crippen molar-refractivity contribution in [3.63, 3.8) is 0 Å². The number of hydrogen-bond donors (Lipinski definition) is 2. The third-order valence-electron chi connectivity index (χ3n) is 7.37. The predicted molar refractivity (Wildman–Crippen MR) is 124 cm³/mol. The van der Waals surface area contributed by atoms with Crippen LogP contribution in [0.5, 0.6) is 0 Å². The van der Waals surface area contributed by atoms with Crippen LogP contribution in [0, 0.1) is 29.5 Å². The van der Waals surface area contributed by atoms with Crippen LogP contribution in [0.15, 0.2) is 29.6 Å². The van der Waals surface area contributed by atoms with E-state index in [0.29, 0.717) is 45.2 Å². The largest absolute Gasteiger partial charge is 0.481 e. The number of H-pyrrole nitrogens is 1. The molecule has 6 rings (SSSR count). The summed E-state index contributed by atoms with van der Waals surface area (Å²) in [6.45, 7) is 0. The Labute approximate surface area is 194 Å². The van der Waals surface area contributed by atoms with E-state index in [1.807, 2.05) is 0 Å². The number of carbonyl (C=O) groups is 1. The number of hydrogen-bond acceptors (Lipinski definition) is 6. The van der Waals surface area contributed by atoms with Gasteiger partial charge in [0, 0.05) is 42.5 Å². The van der Waals surface area contributed by atoms with E-state index in [4.69, 9.17) is 0 Å². The molecule has 2 bridgehead atoms. The average Bonchev–Trinajstić information content (AvgIpc) is 3.37. The number of halogens is 1. The molecular weight excluding hydrogens is 437 g/mol. The second-order valence-corrected chi connectivity index (χ2v) is 9.46. The van der Waals surface area contributed by atoms with Crippen LogP contribution in [0.4, 0.5) is 10.2 Å². The topological polar surface area (TPSA) is 122 Å². The van der Waals surface area contributed by atoms with E-state index < -0.39 is 17.7 Å². The number of aliphatic carboxylic acids is 1.